The monoisotopic (exact) mass is 474 g/mol. The van der Waals surface area contributed by atoms with Crippen molar-refractivity contribution in [1.82, 2.24) is 14.5 Å². The number of hydrogen-bond acceptors (Lipinski definition) is 8. The SMILES string of the molecule is O=C(O)c1cn(-c2nccs2)c2nc(N3CC(OCCC4CCCCO4)C3)c(F)cc2c1=O. The maximum atomic E-state index is 14.9. The molecule has 1 unspecified atom stereocenters. The van der Waals surface area contributed by atoms with Gasteiger partial charge in [-0.1, -0.05) is 0 Å². The van der Waals surface area contributed by atoms with E-state index in [9.17, 15) is 19.1 Å². The summed E-state index contributed by atoms with van der Waals surface area (Å²) in [6.07, 6.45) is 7.21. The van der Waals surface area contributed by atoms with Gasteiger partial charge in [0.1, 0.15) is 5.56 Å². The molecule has 0 saturated carbocycles. The number of carbonyl (C=O) groups is 1. The van der Waals surface area contributed by atoms with Crippen LogP contribution in [0.1, 0.15) is 36.0 Å². The second-order valence-corrected chi connectivity index (χ2v) is 9.07. The Kier molecular flexibility index (Phi) is 6.09. The summed E-state index contributed by atoms with van der Waals surface area (Å²) in [5.74, 6) is -1.97. The van der Waals surface area contributed by atoms with Crippen LogP contribution < -0.4 is 10.3 Å². The molecule has 0 aliphatic carbocycles. The van der Waals surface area contributed by atoms with Crippen LogP contribution in [0.15, 0.2) is 28.6 Å². The number of pyridine rings is 2. The van der Waals surface area contributed by atoms with Crippen molar-refractivity contribution in [3.05, 3.63) is 45.4 Å². The van der Waals surface area contributed by atoms with Gasteiger partial charge in [0.25, 0.3) is 0 Å². The van der Waals surface area contributed by atoms with Crippen LogP contribution in [-0.4, -0.2) is 64.1 Å². The maximum absolute atomic E-state index is 14.9. The van der Waals surface area contributed by atoms with Crippen LogP contribution >= 0.6 is 11.3 Å². The smallest absolute Gasteiger partial charge is 0.341 e. The predicted molar refractivity (Wildman–Crippen MR) is 120 cm³/mol. The second-order valence-electron chi connectivity index (χ2n) is 8.20. The van der Waals surface area contributed by atoms with Crippen LogP contribution in [0, 0.1) is 5.82 Å². The molecule has 2 aliphatic rings. The highest BCUT2D eigenvalue weighted by atomic mass is 32.1. The van der Waals surface area contributed by atoms with Gasteiger partial charge < -0.3 is 19.5 Å². The topological polar surface area (TPSA) is 107 Å². The third-order valence-electron chi connectivity index (χ3n) is 5.98. The number of nitrogens with zero attached hydrogens (tertiary/aromatic N) is 4. The molecule has 2 saturated heterocycles. The van der Waals surface area contributed by atoms with E-state index in [0.29, 0.717) is 24.8 Å². The Balaban J connectivity index is 1.36. The van der Waals surface area contributed by atoms with E-state index < -0.39 is 22.8 Å². The number of fused-ring (bicyclic) bond motifs is 1. The summed E-state index contributed by atoms with van der Waals surface area (Å²) >= 11 is 1.26. The molecule has 0 aromatic carbocycles. The van der Waals surface area contributed by atoms with Crippen molar-refractivity contribution in [1.29, 1.82) is 0 Å². The molecule has 5 rings (SSSR count). The lowest BCUT2D eigenvalue weighted by Gasteiger charge is -2.40. The Morgan fingerprint density at radius 2 is 2.21 bits per heavy atom. The number of carboxylic acid groups (broad SMARTS) is 1. The van der Waals surface area contributed by atoms with Gasteiger partial charge in [-0.3, -0.25) is 9.36 Å². The van der Waals surface area contributed by atoms with Crippen molar-refractivity contribution in [2.45, 2.75) is 37.9 Å². The van der Waals surface area contributed by atoms with Gasteiger partial charge in [0.2, 0.25) is 5.43 Å². The molecule has 174 valence electrons. The molecule has 2 aliphatic heterocycles. The molecular formula is C22H23FN4O5S. The fourth-order valence-corrected chi connectivity index (χ4v) is 4.80. The molecule has 1 N–H and O–H groups in total. The van der Waals surface area contributed by atoms with Gasteiger partial charge in [0, 0.05) is 44.1 Å². The molecule has 1 atom stereocenters. The van der Waals surface area contributed by atoms with Crippen LogP contribution in [0.2, 0.25) is 0 Å². The molecule has 0 radical (unpaired) electrons. The van der Waals surface area contributed by atoms with Crippen LogP contribution in [0.5, 0.6) is 0 Å². The van der Waals surface area contributed by atoms with E-state index in [1.165, 1.54) is 28.5 Å². The zero-order chi connectivity index (χ0) is 22.9. The van der Waals surface area contributed by atoms with Crippen molar-refractivity contribution in [3.63, 3.8) is 0 Å². The third kappa shape index (κ3) is 4.35. The van der Waals surface area contributed by atoms with E-state index in [1.807, 2.05) is 0 Å². The number of halogens is 1. The van der Waals surface area contributed by atoms with Crippen LogP contribution in [-0.2, 0) is 9.47 Å². The first kappa shape index (κ1) is 21.9. The summed E-state index contributed by atoms with van der Waals surface area (Å²) in [7, 11) is 0. The first-order valence-corrected chi connectivity index (χ1v) is 11.8. The van der Waals surface area contributed by atoms with Crippen LogP contribution in [0.4, 0.5) is 10.2 Å². The highest BCUT2D eigenvalue weighted by Gasteiger charge is 2.32. The van der Waals surface area contributed by atoms with Gasteiger partial charge in [0.15, 0.2) is 22.4 Å². The van der Waals surface area contributed by atoms with Crippen molar-refractivity contribution >= 4 is 34.2 Å². The van der Waals surface area contributed by atoms with E-state index >= 15 is 0 Å². The average molecular weight is 475 g/mol. The number of carboxylic acids is 1. The molecule has 11 heteroatoms. The van der Waals surface area contributed by atoms with Gasteiger partial charge >= 0.3 is 5.97 Å². The normalized spacial score (nSPS) is 19.1. The number of anilines is 1. The molecule has 0 amide bonds. The van der Waals surface area contributed by atoms with E-state index in [1.54, 1.807) is 16.5 Å². The zero-order valence-electron chi connectivity index (χ0n) is 17.8. The summed E-state index contributed by atoms with van der Waals surface area (Å²) in [4.78, 5) is 34.6. The Morgan fingerprint density at radius 3 is 2.91 bits per heavy atom. The summed E-state index contributed by atoms with van der Waals surface area (Å²) in [5, 5.41) is 11.5. The summed E-state index contributed by atoms with van der Waals surface area (Å²) < 4.78 is 28.0. The Hall–Kier alpha value is -2.89. The minimum Gasteiger partial charge on any atom is -0.477 e. The number of aromatic carboxylic acids is 1. The number of hydrogen-bond donors (Lipinski definition) is 1. The lowest BCUT2D eigenvalue weighted by atomic mass is 10.1. The fraction of sp³-hybridized carbons (Fsp3) is 0.455. The average Bonchev–Trinajstić information content (AvgIpc) is 3.31. The van der Waals surface area contributed by atoms with Crippen molar-refractivity contribution in [2.24, 2.45) is 0 Å². The molecule has 33 heavy (non-hydrogen) atoms. The largest absolute Gasteiger partial charge is 0.477 e. The van der Waals surface area contributed by atoms with Crippen molar-refractivity contribution < 1.29 is 23.8 Å². The van der Waals surface area contributed by atoms with Gasteiger partial charge in [-0.2, -0.15) is 0 Å². The highest BCUT2D eigenvalue weighted by Crippen LogP contribution is 2.28. The molecule has 0 spiro atoms. The van der Waals surface area contributed by atoms with E-state index in [-0.39, 0.29) is 29.1 Å². The maximum Gasteiger partial charge on any atom is 0.341 e. The Bertz CT molecular complexity index is 1220. The molecule has 3 aromatic heterocycles. The molecule has 0 bridgehead atoms. The first-order valence-electron chi connectivity index (χ1n) is 10.9. The van der Waals surface area contributed by atoms with E-state index in [4.69, 9.17) is 9.47 Å². The molecule has 3 aromatic rings. The number of rotatable bonds is 7. The summed E-state index contributed by atoms with van der Waals surface area (Å²) in [5.41, 5.74) is -1.08. The second kappa shape index (κ2) is 9.16. The van der Waals surface area contributed by atoms with E-state index in [2.05, 4.69) is 9.97 Å². The quantitative estimate of drug-likeness (QED) is 0.557. The van der Waals surface area contributed by atoms with Gasteiger partial charge in [-0.15, -0.1) is 11.3 Å². The van der Waals surface area contributed by atoms with Gasteiger partial charge in [-0.25, -0.2) is 19.2 Å². The molecule has 2 fully saturated rings. The minimum atomic E-state index is -1.39. The zero-order valence-corrected chi connectivity index (χ0v) is 18.6. The lowest BCUT2D eigenvalue weighted by molar-refractivity contribution is -0.0271. The standard InChI is InChI=1S/C22H23FN4O5S/c23-17-9-15-18(28)16(21(29)30)12-27(22-24-5-8-33-22)19(15)25-20(17)26-10-14(11-26)32-7-4-13-3-1-2-6-31-13/h5,8-9,12-14H,1-4,6-7,10-11H2,(H,29,30). The Labute approximate surface area is 192 Å². The van der Waals surface area contributed by atoms with Crippen molar-refractivity contribution in [3.8, 4) is 5.13 Å². The number of thiazole rings is 1. The molecule has 5 heterocycles. The number of ether oxygens (including phenoxy) is 2. The third-order valence-corrected chi connectivity index (χ3v) is 6.75. The van der Waals surface area contributed by atoms with Crippen molar-refractivity contribution in [2.75, 3.05) is 31.2 Å². The highest BCUT2D eigenvalue weighted by molar-refractivity contribution is 7.12. The summed E-state index contributed by atoms with van der Waals surface area (Å²) in [6.45, 7) is 2.37. The van der Waals surface area contributed by atoms with Gasteiger partial charge in [0.05, 0.1) is 17.6 Å². The molecular weight excluding hydrogens is 451 g/mol. The van der Waals surface area contributed by atoms with Gasteiger partial charge in [-0.05, 0) is 31.7 Å². The number of aromatic nitrogens is 3. The lowest BCUT2D eigenvalue weighted by Crippen LogP contribution is -2.53. The fourth-order valence-electron chi connectivity index (χ4n) is 4.19. The van der Waals surface area contributed by atoms with E-state index in [0.717, 1.165) is 31.9 Å². The molecule has 9 nitrogen and oxygen atoms in total. The van der Waals surface area contributed by atoms with Crippen LogP contribution in [0.3, 0.4) is 0 Å². The predicted octanol–water partition coefficient (Wildman–Crippen LogP) is 2.84. The summed E-state index contributed by atoms with van der Waals surface area (Å²) in [6, 6.07) is 1.06. The minimum absolute atomic E-state index is 0.0268. The van der Waals surface area contributed by atoms with Crippen LogP contribution in [0.25, 0.3) is 16.2 Å². The Morgan fingerprint density at radius 1 is 1.36 bits per heavy atom. The first-order chi connectivity index (χ1) is 16.0.